The first-order valence-corrected chi connectivity index (χ1v) is 6.01. The second kappa shape index (κ2) is 8.74. The van der Waals surface area contributed by atoms with Gasteiger partial charge in [-0.1, -0.05) is 19.3 Å². The van der Waals surface area contributed by atoms with Gasteiger partial charge in [0.25, 0.3) is 0 Å². The number of hydrogen-bond acceptors (Lipinski definition) is 0. The van der Waals surface area contributed by atoms with Gasteiger partial charge in [0.2, 0.25) is 0 Å². The van der Waals surface area contributed by atoms with Crippen LogP contribution in [0.4, 0.5) is 0 Å². The van der Waals surface area contributed by atoms with Gasteiger partial charge in [0.15, 0.2) is 0 Å². The van der Waals surface area contributed by atoms with Gasteiger partial charge in [-0.3, -0.25) is 0 Å². The first kappa shape index (κ1) is 13.2. The molecule has 0 aliphatic carbocycles. The molecule has 74 valence electrons. The molecule has 0 N–H and O–H groups in total. The summed E-state index contributed by atoms with van der Waals surface area (Å²) in [5.74, 6) is 0.748. The summed E-state index contributed by atoms with van der Waals surface area (Å²) < 4.78 is 0. The molecule has 1 unspecified atom stereocenters. The third-order valence-electron chi connectivity index (χ3n) is 1.64. The summed E-state index contributed by atoms with van der Waals surface area (Å²) in [5, 5.41) is -0.107. The second-order valence-corrected chi connectivity index (χ2v) is 4.84. The van der Waals surface area contributed by atoms with Crippen LogP contribution < -0.4 is 0 Å². The molecule has 0 saturated carbocycles. The van der Waals surface area contributed by atoms with Crippen molar-refractivity contribution < 1.29 is 0 Å². The molecule has 0 aromatic heterocycles. The lowest BCUT2D eigenvalue weighted by atomic mass is 10.1. The average molecular weight is 252 g/mol. The van der Waals surface area contributed by atoms with Crippen molar-refractivity contribution in [3.05, 3.63) is 0 Å². The van der Waals surface area contributed by atoms with Crippen molar-refractivity contribution >= 4 is 46.4 Å². The van der Waals surface area contributed by atoms with E-state index in [-0.39, 0.29) is 5.38 Å². The zero-order chi connectivity index (χ0) is 9.40. The topological polar surface area (TPSA) is 0 Å². The summed E-state index contributed by atoms with van der Waals surface area (Å²) in [7, 11) is 0. The molecule has 0 fully saturated rings. The van der Waals surface area contributed by atoms with E-state index in [0.717, 1.165) is 31.6 Å². The molecule has 0 aromatic rings. The Morgan fingerprint density at radius 1 is 0.833 bits per heavy atom. The highest BCUT2D eigenvalue weighted by Crippen LogP contribution is 2.20. The summed E-state index contributed by atoms with van der Waals surface area (Å²) in [5.41, 5.74) is 0. The van der Waals surface area contributed by atoms with E-state index < -0.39 is 4.84 Å². The molecule has 0 rings (SSSR count). The molecule has 4 heteroatoms. The highest BCUT2D eigenvalue weighted by Gasteiger charge is 2.12. The van der Waals surface area contributed by atoms with Crippen molar-refractivity contribution in [2.24, 2.45) is 0 Å². The summed E-state index contributed by atoms with van der Waals surface area (Å²) in [6, 6.07) is 0. The van der Waals surface area contributed by atoms with Gasteiger partial charge in [-0.15, -0.1) is 46.4 Å². The first-order valence-electron chi connectivity index (χ1n) is 4.16. The van der Waals surface area contributed by atoms with Crippen molar-refractivity contribution in [1.82, 2.24) is 0 Å². The molecule has 0 heterocycles. The van der Waals surface area contributed by atoms with Crippen LogP contribution in [-0.4, -0.2) is 16.1 Å². The number of halogens is 4. The van der Waals surface area contributed by atoms with Gasteiger partial charge in [-0.05, 0) is 12.8 Å². The molecule has 0 spiro atoms. The van der Waals surface area contributed by atoms with Crippen LogP contribution in [0.3, 0.4) is 0 Å². The Morgan fingerprint density at radius 3 is 1.92 bits per heavy atom. The maximum Gasteiger partial charge on any atom is 0.124 e. The molecule has 0 aliphatic rings. The lowest BCUT2D eigenvalue weighted by Crippen LogP contribution is -2.07. The van der Waals surface area contributed by atoms with Crippen LogP contribution in [0, 0.1) is 0 Å². The van der Waals surface area contributed by atoms with E-state index in [9.17, 15) is 0 Å². The van der Waals surface area contributed by atoms with Crippen LogP contribution in [0.2, 0.25) is 0 Å². The molecule has 0 aromatic carbocycles. The van der Waals surface area contributed by atoms with Crippen molar-refractivity contribution in [3.8, 4) is 0 Å². The molecule has 0 saturated heterocycles. The number of rotatable bonds is 7. The van der Waals surface area contributed by atoms with E-state index in [4.69, 9.17) is 46.4 Å². The van der Waals surface area contributed by atoms with E-state index in [2.05, 4.69) is 0 Å². The maximum atomic E-state index is 5.84. The van der Waals surface area contributed by atoms with E-state index in [1.54, 1.807) is 0 Å². The van der Waals surface area contributed by atoms with Crippen LogP contribution in [0.5, 0.6) is 0 Å². The molecule has 0 amide bonds. The summed E-state index contributed by atoms with van der Waals surface area (Å²) in [6.45, 7) is 0. The maximum absolute atomic E-state index is 5.84. The van der Waals surface area contributed by atoms with Gasteiger partial charge in [-0.25, -0.2) is 0 Å². The van der Waals surface area contributed by atoms with Crippen molar-refractivity contribution in [1.29, 1.82) is 0 Å². The van der Waals surface area contributed by atoms with Crippen LogP contribution in [0.15, 0.2) is 0 Å². The van der Waals surface area contributed by atoms with Gasteiger partial charge in [0.1, 0.15) is 4.84 Å². The van der Waals surface area contributed by atoms with Crippen LogP contribution in [0.1, 0.15) is 32.1 Å². The molecule has 0 bridgehead atoms. The van der Waals surface area contributed by atoms with Gasteiger partial charge >= 0.3 is 0 Å². The third-order valence-corrected chi connectivity index (χ3v) is 3.24. The number of hydrogen-bond donors (Lipinski definition) is 0. The molecular weight excluding hydrogens is 238 g/mol. The Labute approximate surface area is 94.5 Å². The predicted octanol–water partition coefficient (Wildman–Crippen LogP) is 4.59. The largest absolute Gasteiger partial charge is 0.127 e. The van der Waals surface area contributed by atoms with E-state index in [0.29, 0.717) is 0 Å². The Morgan fingerprint density at radius 2 is 1.42 bits per heavy atom. The fourth-order valence-electron chi connectivity index (χ4n) is 0.913. The van der Waals surface area contributed by atoms with Crippen LogP contribution in [-0.2, 0) is 0 Å². The molecule has 0 radical (unpaired) electrons. The Balaban J connectivity index is 3.08. The minimum Gasteiger partial charge on any atom is -0.127 e. The fraction of sp³-hybridized carbons (Fsp3) is 1.00. The molecule has 0 aliphatic heterocycles. The predicted molar refractivity (Wildman–Crippen MR) is 58.9 cm³/mol. The molecule has 12 heavy (non-hydrogen) atoms. The van der Waals surface area contributed by atoms with Gasteiger partial charge < -0.3 is 0 Å². The van der Waals surface area contributed by atoms with Crippen molar-refractivity contribution in [2.45, 2.75) is 42.3 Å². The highest BCUT2D eigenvalue weighted by atomic mass is 35.5. The minimum atomic E-state index is -0.445. The second-order valence-electron chi connectivity index (χ2n) is 2.74. The van der Waals surface area contributed by atoms with Crippen molar-refractivity contribution in [2.75, 3.05) is 5.88 Å². The van der Waals surface area contributed by atoms with Gasteiger partial charge in [0, 0.05) is 5.88 Å². The van der Waals surface area contributed by atoms with E-state index >= 15 is 0 Å². The molecule has 1 atom stereocenters. The summed E-state index contributed by atoms with van der Waals surface area (Å²) >= 11 is 22.5. The minimum absolute atomic E-state index is 0.107. The van der Waals surface area contributed by atoms with E-state index in [1.165, 1.54) is 6.42 Å². The Hall–Kier alpha value is 1.16. The molecule has 0 nitrogen and oxygen atoms in total. The SMILES string of the molecule is ClCCCCCCC(Cl)C(Cl)Cl. The lowest BCUT2D eigenvalue weighted by Gasteiger charge is -2.08. The van der Waals surface area contributed by atoms with Gasteiger partial charge in [-0.2, -0.15) is 0 Å². The lowest BCUT2D eigenvalue weighted by molar-refractivity contribution is 0.625. The van der Waals surface area contributed by atoms with Crippen molar-refractivity contribution in [3.63, 3.8) is 0 Å². The van der Waals surface area contributed by atoms with Crippen LogP contribution in [0.25, 0.3) is 0 Å². The number of unbranched alkanes of at least 4 members (excludes halogenated alkanes) is 3. The highest BCUT2D eigenvalue weighted by molar-refractivity contribution is 6.48. The van der Waals surface area contributed by atoms with Crippen LogP contribution >= 0.6 is 46.4 Å². The van der Waals surface area contributed by atoms with Gasteiger partial charge in [0.05, 0.1) is 5.38 Å². The third kappa shape index (κ3) is 7.79. The summed E-state index contributed by atoms with van der Waals surface area (Å²) in [6.07, 6.45) is 5.39. The zero-order valence-corrected chi connectivity index (χ0v) is 9.93. The fourth-order valence-corrected chi connectivity index (χ4v) is 1.51. The summed E-state index contributed by atoms with van der Waals surface area (Å²) in [4.78, 5) is -0.445. The normalized spacial score (nSPS) is 13.8. The monoisotopic (exact) mass is 250 g/mol. The average Bonchev–Trinajstić information content (AvgIpc) is 2.03. The first-order chi connectivity index (χ1) is 5.68. The number of alkyl halides is 4. The standard InChI is InChI=1S/C8H14Cl4/c9-6-4-2-1-3-5-7(10)8(11)12/h7-8H,1-6H2. The Kier molecular flexibility index (Phi) is 9.59. The smallest absolute Gasteiger partial charge is 0.124 e. The van der Waals surface area contributed by atoms with E-state index in [1.807, 2.05) is 0 Å². The zero-order valence-electron chi connectivity index (χ0n) is 6.91. The quantitative estimate of drug-likeness (QED) is 0.459. The molecular formula is C8H14Cl4. The Bertz CT molecular complexity index is 95.1.